The van der Waals surface area contributed by atoms with E-state index < -0.39 is 17.3 Å². The zero-order chi connectivity index (χ0) is 20.0. The van der Waals surface area contributed by atoms with Crippen molar-refractivity contribution in [3.8, 4) is 11.5 Å². The molecule has 0 aromatic heterocycles. The first-order valence-electron chi connectivity index (χ1n) is 8.01. The Morgan fingerprint density at radius 2 is 2.04 bits per heavy atom. The van der Waals surface area contributed by atoms with Gasteiger partial charge in [0.15, 0.2) is 17.3 Å². The van der Waals surface area contributed by atoms with Gasteiger partial charge in [-0.25, -0.2) is 0 Å². The second kappa shape index (κ2) is 8.88. The summed E-state index contributed by atoms with van der Waals surface area (Å²) in [6, 6.07) is 8.65. The van der Waals surface area contributed by atoms with Gasteiger partial charge in [-0.05, 0) is 32.1 Å². The van der Waals surface area contributed by atoms with Crippen molar-refractivity contribution in [3.63, 3.8) is 0 Å². The van der Waals surface area contributed by atoms with Crippen LogP contribution in [0.3, 0.4) is 0 Å². The molecule has 27 heavy (non-hydrogen) atoms. The van der Waals surface area contributed by atoms with Gasteiger partial charge in [0.25, 0.3) is 5.69 Å². The SMILES string of the molecule is CCOc1cccc(/C=C/C(=O)c2ccc(C)c([N+](=O)[O-])c2)c1OC(F)F. The Morgan fingerprint density at radius 1 is 1.30 bits per heavy atom. The van der Waals surface area contributed by atoms with Crippen LogP contribution in [0.2, 0.25) is 0 Å². The number of nitro groups is 1. The molecule has 0 unspecified atom stereocenters. The van der Waals surface area contributed by atoms with Crippen molar-refractivity contribution in [2.75, 3.05) is 6.61 Å². The normalized spacial score (nSPS) is 11.0. The molecule has 0 bridgehead atoms. The number of allylic oxidation sites excluding steroid dienone is 1. The molecule has 8 heteroatoms. The molecule has 0 aliphatic carbocycles. The van der Waals surface area contributed by atoms with Crippen LogP contribution < -0.4 is 9.47 Å². The summed E-state index contributed by atoms with van der Waals surface area (Å²) < 4.78 is 35.2. The number of aryl methyl sites for hydroxylation is 1. The number of benzene rings is 2. The molecule has 0 N–H and O–H groups in total. The minimum atomic E-state index is -3.06. The fourth-order valence-electron chi connectivity index (χ4n) is 2.37. The molecular formula is C19H17F2NO5. The average Bonchev–Trinajstić information content (AvgIpc) is 2.61. The van der Waals surface area contributed by atoms with Crippen LogP contribution in [0.5, 0.6) is 11.5 Å². The Bertz CT molecular complexity index is 880. The Morgan fingerprint density at radius 3 is 2.67 bits per heavy atom. The first-order valence-corrected chi connectivity index (χ1v) is 8.01. The molecule has 0 spiro atoms. The predicted octanol–water partition coefficient (Wildman–Crippen LogP) is 4.80. The minimum Gasteiger partial charge on any atom is -0.490 e. The van der Waals surface area contributed by atoms with E-state index in [1.165, 1.54) is 36.4 Å². The molecule has 0 fully saturated rings. The summed E-state index contributed by atoms with van der Waals surface area (Å²) in [5, 5.41) is 11.0. The second-order valence-electron chi connectivity index (χ2n) is 5.44. The van der Waals surface area contributed by atoms with E-state index in [9.17, 15) is 23.7 Å². The van der Waals surface area contributed by atoms with E-state index in [4.69, 9.17) is 4.74 Å². The number of halogens is 2. The molecule has 0 aliphatic rings. The molecule has 0 atom stereocenters. The molecule has 2 rings (SSSR count). The lowest BCUT2D eigenvalue weighted by atomic mass is 10.1. The minimum absolute atomic E-state index is 0.112. The van der Waals surface area contributed by atoms with Crippen LogP contribution >= 0.6 is 0 Å². The van der Waals surface area contributed by atoms with Crippen LogP contribution in [0.4, 0.5) is 14.5 Å². The summed E-state index contributed by atoms with van der Waals surface area (Å²) in [5.41, 5.74) is 0.587. The lowest BCUT2D eigenvalue weighted by molar-refractivity contribution is -0.385. The van der Waals surface area contributed by atoms with Crippen LogP contribution in [-0.2, 0) is 0 Å². The van der Waals surface area contributed by atoms with Crippen LogP contribution in [-0.4, -0.2) is 23.9 Å². The summed E-state index contributed by atoms with van der Waals surface area (Å²) in [6.07, 6.45) is 2.44. The van der Waals surface area contributed by atoms with Crippen molar-refractivity contribution < 1.29 is 28.0 Å². The molecule has 0 saturated carbocycles. The molecular weight excluding hydrogens is 360 g/mol. The van der Waals surface area contributed by atoms with Gasteiger partial charge >= 0.3 is 6.61 Å². The number of nitro benzene ring substituents is 1. The summed E-state index contributed by atoms with van der Waals surface area (Å²) >= 11 is 0. The molecule has 0 saturated heterocycles. The lowest BCUT2D eigenvalue weighted by Crippen LogP contribution is -2.06. The van der Waals surface area contributed by atoms with Crippen molar-refractivity contribution in [1.29, 1.82) is 0 Å². The zero-order valence-corrected chi connectivity index (χ0v) is 14.6. The fourth-order valence-corrected chi connectivity index (χ4v) is 2.37. The van der Waals surface area contributed by atoms with Gasteiger partial charge in [0, 0.05) is 22.8 Å². The number of nitrogens with zero attached hydrogens (tertiary/aromatic N) is 1. The predicted molar refractivity (Wildman–Crippen MR) is 95.4 cm³/mol. The van der Waals surface area contributed by atoms with E-state index in [2.05, 4.69) is 4.74 Å². The van der Waals surface area contributed by atoms with Gasteiger partial charge in [0.1, 0.15) is 0 Å². The number of para-hydroxylation sites is 1. The summed E-state index contributed by atoms with van der Waals surface area (Å²) in [4.78, 5) is 22.7. The molecule has 0 amide bonds. The molecule has 0 aliphatic heterocycles. The topological polar surface area (TPSA) is 78.7 Å². The number of carbonyl (C=O) groups excluding carboxylic acids is 1. The number of ketones is 1. The van der Waals surface area contributed by atoms with Gasteiger partial charge in [-0.1, -0.05) is 24.3 Å². The Hall–Kier alpha value is -3.29. The molecule has 0 radical (unpaired) electrons. The zero-order valence-electron chi connectivity index (χ0n) is 14.6. The van der Waals surface area contributed by atoms with Gasteiger partial charge < -0.3 is 9.47 Å². The highest BCUT2D eigenvalue weighted by Gasteiger charge is 2.16. The van der Waals surface area contributed by atoms with Gasteiger partial charge in [-0.2, -0.15) is 8.78 Å². The number of alkyl halides is 2. The maximum absolute atomic E-state index is 12.7. The summed E-state index contributed by atoms with van der Waals surface area (Å²) in [5.74, 6) is -0.574. The highest BCUT2D eigenvalue weighted by atomic mass is 19.3. The maximum atomic E-state index is 12.7. The Kier molecular flexibility index (Phi) is 6.59. The Balaban J connectivity index is 2.34. The van der Waals surface area contributed by atoms with Gasteiger partial charge in [-0.3, -0.25) is 14.9 Å². The smallest absolute Gasteiger partial charge is 0.387 e. The maximum Gasteiger partial charge on any atom is 0.387 e. The lowest BCUT2D eigenvalue weighted by Gasteiger charge is -2.13. The van der Waals surface area contributed by atoms with Crippen LogP contribution in [0, 0.1) is 17.0 Å². The van der Waals surface area contributed by atoms with Crippen molar-refractivity contribution in [1.82, 2.24) is 0 Å². The Labute approximate surface area is 154 Å². The molecule has 6 nitrogen and oxygen atoms in total. The van der Waals surface area contributed by atoms with E-state index >= 15 is 0 Å². The third-order valence-corrected chi connectivity index (χ3v) is 3.62. The van der Waals surface area contributed by atoms with E-state index in [0.717, 1.165) is 6.08 Å². The highest BCUT2D eigenvalue weighted by Crippen LogP contribution is 2.33. The molecule has 2 aromatic rings. The number of hydrogen-bond acceptors (Lipinski definition) is 5. The van der Waals surface area contributed by atoms with E-state index in [0.29, 0.717) is 5.56 Å². The third-order valence-electron chi connectivity index (χ3n) is 3.62. The first-order chi connectivity index (χ1) is 12.8. The number of hydrogen-bond donors (Lipinski definition) is 0. The van der Waals surface area contributed by atoms with Crippen molar-refractivity contribution in [2.45, 2.75) is 20.5 Å². The van der Waals surface area contributed by atoms with Gasteiger partial charge in [-0.15, -0.1) is 0 Å². The summed E-state index contributed by atoms with van der Waals surface area (Å²) in [6.45, 7) is 0.450. The van der Waals surface area contributed by atoms with Crippen molar-refractivity contribution in [3.05, 3.63) is 69.3 Å². The van der Waals surface area contributed by atoms with Crippen molar-refractivity contribution >= 4 is 17.5 Å². The van der Waals surface area contributed by atoms with Gasteiger partial charge in [0.05, 0.1) is 11.5 Å². The highest BCUT2D eigenvalue weighted by molar-refractivity contribution is 6.07. The van der Waals surface area contributed by atoms with Crippen molar-refractivity contribution in [2.24, 2.45) is 0 Å². The fraction of sp³-hybridized carbons (Fsp3) is 0.211. The third kappa shape index (κ3) is 5.10. The molecule has 0 heterocycles. The standard InChI is InChI=1S/C19H17F2NO5/c1-3-26-17-6-4-5-13(18(17)27-19(20)21)9-10-16(23)14-8-7-12(2)15(11-14)22(24)25/h4-11,19H,3H2,1-2H3/b10-9+. The molecule has 2 aromatic carbocycles. The number of carbonyl (C=O) groups is 1. The van der Waals surface area contributed by atoms with E-state index in [-0.39, 0.29) is 34.9 Å². The summed E-state index contributed by atoms with van der Waals surface area (Å²) in [7, 11) is 0. The number of rotatable bonds is 8. The van der Waals surface area contributed by atoms with Crippen LogP contribution in [0.15, 0.2) is 42.5 Å². The van der Waals surface area contributed by atoms with Gasteiger partial charge in [0.2, 0.25) is 0 Å². The monoisotopic (exact) mass is 377 g/mol. The van der Waals surface area contributed by atoms with Crippen LogP contribution in [0.1, 0.15) is 28.4 Å². The number of ether oxygens (including phenoxy) is 2. The van der Waals surface area contributed by atoms with E-state index in [1.54, 1.807) is 19.9 Å². The second-order valence-corrected chi connectivity index (χ2v) is 5.44. The first kappa shape index (κ1) is 20.0. The average molecular weight is 377 g/mol. The quantitative estimate of drug-likeness (QED) is 0.286. The van der Waals surface area contributed by atoms with E-state index in [1.807, 2.05) is 0 Å². The molecule has 142 valence electrons. The largest absolute Gasteiger partial charge is 0.490 e. The van der Waals surface area contributed by atoms with Crippen LogP contribution in [0.25, 0.3) is 6.08 Å².